The summed E-state index contributed by atoms with van der Waals surface area (Å²) in [5, 5.41) is 11.4. The van der Waals surface area contributed by atoms with Crippen LogP contribution in [0.2, 0.25) is 0 Å². The van der Waals surface area contributed by atoms with Crippen molar-refractivity contribution in [2.45, 2.75) is 19.3 Å². The SMILES string of the molecule is CC(CNC(=O)OCC1c2ccccc2-c2ccccc21)CC(=O)N(C)CC(=O)O. The van der Waals surface area contributed by atoms with Crippen molar-refractivity contribution >= 4 is 18.0 Å². The lowest BCUT2D eigenvalue weighted by Crippen LogP contribution is -2.35. The Bertz CT molecular complexity index is 897. The number of nitrogens with zero attached hydrogens (tertiary/aromatic N) is 1. The minimum absolute atomic E-state index is 0.00757. The molecule has 0 spiro atoms. The standard InChI is InChI=1S/C23H26N2O5/c1-15(11-21(26)25(2)13-22(27)28)12-24-23(29)30-14-20-18-9-5-3-7-16(18)17-8-4-6-10-19(17)20/h3-10,15,20H,11-14H2,1-2H3,(H,24,29)(H,27,28). The highest BCUT2D eigenvalue weighted by atomic mass is 16.5. The van der Waals surface area contributed by atoms with Crippen LogP contribution in [0.3, 0.4) is 0 Å². The van der Waals surface area contributed by atoms with Crippen LogP contribution in [0.1, 0.15) is 30.4 Å². The fourth-order valence-corrected chi connectivity index (χ4v) is 3.72. The molecule has 2 N–H and O–H groups in total. The molecule has 158 valence electrons. The number of carbonyl (C=O) groups excluding carboxylic acids is 2. The van der Waals surface area contributed by atoms with Crippen molar-refractivity contribution in [2.75, 3.05) is 26.7 Å². The Morgan fingerprint density at radius 1 is 1.07 bits per heavy atom. The lowest BCUT2D eigenvalue weighted by molar-refractivity contribution is -0.143. The number of alkyl carbamates (subject to hydrolysis) is 1. The molecule has 0 aromatic heterocycles. The molecule has 0 heterocycles. The van der Waals surface area contributed by atoms with Crippen LogP contribution in [0.25, 0.3) is 11.1 Å². The molecule has 2 aromatic rings. The summed E-state index contributed by atoms with van der Waals surface area (Å²) in [5.41, 5.74) is 4.62. The summed E-state index contributed by atoms with van der Waals surface area (Å²) in [6.07, 6.45) is -0.386. The van der Waals surface area contributed by atoms with E-state index in [1.807, 2.05) is 31.2 Å². The molecule has 0 bridgehead atoms. The van der Waals surface area contributed by atoms with E-state index in [0.29, 0.717) is 0 Å². The van der Waals surface area contributed by atoms with Crippen LogP contribution < -0.4 is 5.32 Å². The third-order valence-electron chi connectivity index (χ3n) is 5.26. The van der Waals surface area contributed by atoms with Gasteiger partial charge in [-0.25, -0.2) is 4.79 Å². The number of carboxylic acids is 1. The predicted octanol–water partition coefficient (Wildman–Crippen LogP) is 3.09. The maximum atomic E-state index is 12.2. The quantitative estimate of drug-likeness (QED) is 0.697. The zero-order valence-electron chi connectivity index (χ0n) is 17.1. The number of carbonyl (C=O) groups is 3. The minimum atomic E-state index is -1.06. The number of likely N-dealkylation sites (N-methyl/N-ethyl adjacent to an activating group) is 1. The molecular weight excluding hydrogens is 384 g/mol. The summed E-state index contributed by atoms with van der Waals surface area (Å²) in [6.45, 7) is 1.97. The number of fused-ring (bicyclic) bond motifs is 3. The molecule has 7 nitrogen and oxygen atoms in total. The zero-order valence-corrected chi connectivity index (χ0v) is 17.1. The number of ether oxygens (including phenoxy) is 1. The van der Waals surface area contributed by atoms with Crippen LogP contribution in [0.4, 0.5) is 4.79 Å². The number of amides is 2. The highest BCUT2D eigenvalue weighted by Gasteiger charge is 2.29. The second kappa shape index (κ2) is 9.43. The van der Waals surface area contributed by atoms with Gasteiger partial charge >= 0.3 is 12.1 Å². The second-order valence-electron chi connectivity index (χ2n) is 7.66. The van der Waals surface area contributed by atoms with Crippen molar-refractivity contribution in [3.05, 3.63) is 59.7 Å². The molecule has 0 saturated heterocycles. The Morgan fingerprint density at radius 3 is 2.20 bits per heavy atom. The van der Waals surface area contributed by atoms with Gasteiger partial charge in [0.2, 0.25) is 5.91 Å². The van der Waals surface area contributed by atoms with Crippen molar-refractivity contribution < 1.29 is 24.2 Å². The van der Waals surface area contributed by atoms with Crippen molar-refractivity contribution in [1.82, 2.24) is 10.2 Å². The van der Waals surface area contributed by atoms with Gasteiger partial charge in [0.05, 0.1) is 0 Å². The molecule has 0 radical (unpaired) electrons. The molecule has 1 aliphatic rings. The number of aliphatic carboxylic acids is 1. The van der Waals surface area contributed by atoms with Gasteiger partial charge < -0.3 is 20.1 Å². The average molecular weight is 410 g/mol. The van der Waals surface area contributed by atoms with E-state index in [1.54, 1.807) is 0 Å². The van der Waals surface area contributed by atoms with Gasteiger partial charge in [0, 0.05) is 25.9 Å². The van der Waals surface area contributed by atoms with Gasteiger partial charge in [-0.1, -0.05) is 55.5 Å². The molecule has 3 rings (SSSR count). The Morgan fingerprint density at radius 2 is 1.63 bits per heavy atom. The number of carboxylic acid groups (broad SMARTS) is 1. The third-order valence-corrected chi connectivity index (χ3v) is 5.26. The molecule has 0 saturated carbocycles. The van der Waals surface area contributed by atoms with Crippen LogP contribution in [0.5, 0.6) is 0 Å². The smallest absolute Gasteiger partial charge is 0.407 e. The molecule has 7 heteroatoms. The van der Waals surface area contributed by atoms with E-state index in [1.165, 1.54) is 18.2 Å². The van der Waals surface area contributed by atoms with E-state index < -0.39 is 12.1 Å². The monoisotopic (exact) mass is 410 g/mol. The number of nitrogens with one attached hydrogen (secondary N) is 1. The Labute approximate surface area is 175 Å². The molecule has 0 fully saturated rings. The second-order valence-corrected chi connectivity index (χ2v) is 7.66. The predicted molar refractivity (Wildman–Crippen MR) is 112 cm³/mol. The molecule has 1 atom stereocenters. The van der Waals surface area contributed by atoms with Crippen LogP contribution in [0.15, 0.2) is 48.5 Å². The van der Waals surface area contributed by atoms with Gasteiger partial charge in [0.25, 0.3) is 0 Å². The lowest BCUT2D eigenvalue weighted by Gasteiger charge is -2.18. The van der Waals surface area contributed by atoms with Gasteiger partial charge in [-0.05, 0) is 28.2 Å². The molecular formula is C23H26N2O5. The van der Waals surface area contributed by atoms with Gasteiger partial charge in [-0.2, -0.15) is 0 Å². The van der Waals surface area contributed by atoms with Gasteiger partial charge in [-0.3, -0.25) is 9.59 Å². The van der Waals surface area contributed by atoms with E-state index in [0.717, 1.165) is 16.0 Å². The fourth-order valence-electron chi connectivity index (χ4n) is 3.72. The summed E-state index contributed by atoms with van der Waals surface area (Å²) in [7, 11) is 1.45. The summed E-state index contributed by atoms with van der Waals surface area (Å²) in [6, 6.07) is 16.2. The van der Waals surface area contributed by atoms with E-state index in [9.17, 15) is 14.4 Å². The van der Waals surface area contributed by atoms with Gasteiger partial charge in [0.1, 0.15) is 13.2 Å². The van der Waals surface area contributed by atoms with Crippen molar-refractivity contribution in [3.8, 4) is 11.1 Å². The highest BCUT2D eigenvalue weighted by molar-refractivity contribution is 5.81. The minimum Gasteiger partial charge on any atom is -0.480 e. The third kappa shape index (κ3) is 4.97. The topological polar surface area (TPSA) is 95.9 Å². The average Bonchev–Trinajstić information content (AvgIpc) is 3.04. The normalized spacial score (nSPS) is 13.1. The number of hydrogen-bond donors (Lipinski definition) is 2. The first-order valence-corrected chi connectivity index (χ1v) is 9.91. The number of benzene rings is 2. The van der Waals surface area contributed by atoms with Crippen LogP contribution in [0, 0.1) is 5.92 Å². The Balaban J connectivity index is 1.50. The van der Waals surface area contributed by atoms with Crippen LogP contribution >= 0.6 is 0 Å². The van der Waals surface area contributed by atoms with E-state index in [4.69, 9.17) is 9.84 Å². The summed E-state index contributed by atoms with van der Waals surface area (Å²) < 4.78 is 5.47. The van der Waals surface area contributed by atoms with Crippen molar-refractivity contribution in [3.63, 3.8) is 0 Å². The maximum absolute atomic E-state index is 12.2. The largest absolute Gasteiger partial charge is 0.480 e. The van der Waals surface area contributed by atoms with Crippen LogP contribution in [-0.4, -0.2) is 54.7 Å². The summed E-state index contributed by atoms with van der Waals surface area (Å²) in [4.78, 5) is 36.0. The molecule has 2 aromatic carbocycles. The first kappa shape index (κ1) is 21.4. The molecule has 2 amide bonds. The van der Waals surface area contributed by atoms with Crippen molar-refractivity contribution in [1.29, 1.82) is 0 Å². The highest BCUT2D eigenvalue weighted by Crippen LogP contribution is 2.44. The van der Waals surface area contributed by atoms with Crippen LogP contribution in [-0.2, 0) is 14.3 Å². The fraction of sp³-hybridized carbons (Fsp3) is 0.348. The molecule has 1 aliphatic carbocycles. The van der Waals surface area contributed by atoms with Crippen molar-refractivity contribution in [2.24, 2.45) is 5.92 Å². The first-order valence-electron chi connectivity index (χ1n) is 9.91. The van der Waals surface area contributed by atoms with Gasteiger partial charge in [0.15, 0.2) is 0 Å². The molecule has 0 aliphatic heterocycles. The Kier molecular flexibility index (Phi) is 6.72. The number of rotatable bonds is 8. The number of hydrogen-bond acceptors (Lipinski definition) is 4. The summed E-state index contributed by atoms with van der Waals surface area (Å²) >= 11 is 0. The van der Waals surface area contributed by atoms with E-state index >= 15 is 0 Å². The van der Waals surface area contributed by atoms with E-state index in [2.05, 4.69) is 29.6 Å². The lowest BCUT2D eigenvalue weighted by atomic mass is 9.98. The zero-order chi connectivity index (χ0) is 21.7. The summed E-state index contributed by atoms with van der Waals surface area (Å²) in [5.74, 6) is -1.49. The Hall–Kier alpha value is -3.35. The van der Waals surface area contributed by atoms with E-state index in [-0.39, 0.29) is 43.9 Å². The van der Waals surface area contributed by atoms with Gasteiger partial charge in [-0.15, -0.1) is 0 Å². The maximum Gasteiger partial charge on any atom is 0.407 e. The molecule has 1 unspecified atom stereocenters. The first-order chi connectivity index (χ1) is 14.4. The molecule has 30 heavy (non-hydrogen) atoms.